The van der Waals surface area contributed by atoms with Crippen molar-refractivity contribution in [1.29, 1.82) is 0 Å². The highest BCUT2D eigenvalue weighted by atomic mass is 35.5. The number of carbonyl (C=O) groups excluding carboxylic acids is 1. The third-order valence-corrected chi connectivity index (χ3v) is 5.15. The molecule has 0 radical (unpaired) electrons. The molecule has 1 aliphatic rings. The molecule has 0 fully saturated rings. The molecule has 11 heteroatoms. The Morgan fingerprint density at radius 1 is 1.16 bits per heavy atom. The molecule has 0 amide bonds. The minimum Gasteiger partial charge on any atom is -0.462 e. The molecule has 0 aromatic heterocycles. The molecular formula is C21H16ClF6NO3. The fourth-order valence-corrected chi connectivity index (χ4v) is 3.56. The summed E-state index contributed by atoms with van der Waals surface area (Å²) >= 11 is 5.69. The largest absolute Gasteiger partial charge is 0.462 e. The lowest BCUT2D eigenvalue weighted by atomic mass is 9.85. The standard InChI is InChI=1S/C21H16ClF6NO3/c1-3-31-18(30)16-5-4-12(6-11(16)2)17-10-19(32-29-17,21(26,27)28)13-7-14(20(23,24)25)9-15(22)8-13/h4-9H,3,10H2,1-2H3. The van der Waals surface area contributed by atoms with Gasteiger partial charge in [0.2, 0.25) is 0 Å². The van der Waals surface area contributed by atoms with E-state index in [1.165, 1.54) is 18.2 Å². The van der Waals surface area contributed by atoms with Crippen LogP contribution in [0.15, 0.2) is 41.6 Å². The SMILES string of the molecule is CCOC(=O)c1ccc(C2=NOC(c3cc(Cl)cc(C(F)(F)F)c3)(C(F)(F)F)C2)cc1C. The number of alkyl halides is 6. The Kier molecular flexibility index (Phi) is 6.21. The molecule has 1 atom stereocenters. The van der Waals surface area contributed by atoms with Crippen molar-refractivity contribution < 1.29 is 40.7 Å². The van der Waals surface area contributed by atoms with Crippen molar-refractivity contribution in [1.82, 2.24) is 0 Å². The maximum Gasteiger partial charge on any atom is 0.435 e. The Bertz CT molecular complexity index is 1080. The van der Waals surface area contributed by atoms with Crippen LogP contribution in [-0.4, -0.2) is 24.5 Å². The molecule has 172 valence electrons. The highest BCUT2D eigenvalue weighted by molar-refractivity contribution is 6.30. The van der Waals surface area contributed by atoms with E-state index < -0.39 is 46.5 Å². The van der Waals surface area contributed by atoms with Gasteiger partial charge in [-0.15, -0.1) is 0 Å². The van der Waals surface area contributed by atoms with E-state index in [-0.39, 0.29) is 23.4 Å². The predicted octanol–water partition coefficient (Wildman–Crippen LogP) is 6.43. The molecule has 0 N–H and O–H groups in total. The minimum absolute atomic E-state index is 0.144. The molecular weight excluding hydrogens is 464 g/mol. The Morgan fingerprint density at radius 3 is 2.41 bits per heavy atom. The van der Waals surface area contributed by atoms with Crippen LogP contribution in [0.1, 0.15) is 46.0 Å². The molecule has 0 saturated carbocycles. The second-order valence-electron chi connectivity index (χ2n) is 7.11. The first kappa shape index (κ1) is 23.9. The van der Waals surface area contributed by atoms with Crippen molar-refractivity contribution in [2.24, 2.45) is 5.16 Å². The molecule has 32 heavy (non-hydrogen) atoms. The van der Waals surface area contributed by atoms with Crippen LogP contribution in [0.5, 0.6) is 0 Å². The molecule has 2 aromatic rings. The van der Waals surface area contributed by atoms with E-state index in [0.717, 1.165) is 6.07 Å². The van der Waals surface area contributed by atoms with Gasteiger partial charge in [0, 0.05) is 17.0 Å². The van der Waals surface area contributed by atoms with Gasteiger partial charge >= 0.3 is 18.3 Å². The number of ether oxygens (including phenoxy) is 1. The average Bonchev–Trinajstić information content (AvgIpc) is 3.14. The number of halogens is 7. The molecule has 1 heterocycles. The average molecular weight is 480 g/mol. The fourth-order valence-electron chi connectivity index (χ4n) is 3.33. The van der Waals surface area contributed by atoms with E-state index >= 15 is 0 Å². The maximum atomic E-state index is 14.1. The van der Waals surface area contributed by atoms with Gasteiger partial charge in [0.05, 0.1) is 23.4 Å². The smallest absolute Gasteiger partial charge is 0.435 e. The molecule has 2 aromatic carbocycles. The van der Waals surface area contributed by atoms with Crippen LogP contribution in [0.2, 0.25) is 5.02 Å². The second kappa shape index (κ2) is 8.31. The number of carbonyl (C=O) groups is 1. The topological polar surface area (TPSA) is 47.9 Å². The van der Waals surface area contributed by atoms with Gasteiger partial charge in [-0.3, -0.25) is 0 Å². The van der Waals surface area contributed by atoms with E-state index in [1.54, 1.807) is 13.8 Å². The summed E-state index contributed by atoms with van der Waals surface area (Å²) in [5.74, 6) is -0.593. The third kappa shape index (κ3) is 4.41. The van der Waals surface area contributed by atoms with Crippen LogP contribution in [0, 0.1) is 6.92 Å². The van der Waals surface area contributed by atoms with E-state index in [9.17, 15) is 31.1 Å². The molecule has 0 saturated heterocycles. The predicted molar refractivity (Wildman–Crippen MR) is 104 cm³/mol. The van der Waals surface area contributed by atoms with Gasteiger partial charge < -0.3 is 9.57 Å². The minimum atomic E-state index is -5.11. The molecule has 1 unspecified atom stereocenters. The van der Waals surface area contributed by atoms with Crippen molar-refractivity contribution >= 4 is 23.3 Å². The molecule has 4 nitrogen and oxygen atoms in total. The van der Waals surface area contributed by atoms with Crippen LogP contribution < -0.4 is 0 Å². The zero-order chi connectivity index (χ0) is 23.9. The summed E-state index contributed by atoms with van der Waals surface area (Å²) in [5, 5.41) is 3.01. The van der Waals surface area contributed by atoms with Crippen molar-refractivity contribution in [2.75, 3.05) is 6.61 Å². The Labute approximate surface area is 183 Å². The van der Waals surface area contributed by atoms with Crippen LogP contribution in [0.25, 0.3) is 0 Å². The highest BCUT2D eigenvalue weighted by Gasteiger charge is 2.62. The lowest BCUT2D eigenvalue weighted by Gasteiger charge is -2.30. The first-order valence-corrected chi connectivity index (χ1v) is 9.64. The Balaban J connectivity index is 2.01. The number of aryl methyl sites for hydroxylation is 1. The normalized spacial score (nSPS) is 18.8. The van der Waals surface area contributed by atoms with Gasteiger partial charge in [0.1, 0.15) is 0 Å². The van der Waals surface area contributed by atoms with Crippen LogP contribution >= 0.6 is 11.6 Å². The van der Waals surface area contributed by atoms with Crippen LogP contribution in [-0.2, 0) is 21.4 Å². The van der Waals surface area contributed by atoms with Gasteiger partial charge in [-0.1, -0.05) is 22.8 Å². The summed E-state index contributed by atoms with van der Waals surface area (Å²) in [4.78, 5) is 16.7. The number of oxime groups is 1. The maximum absolute atomic E-state index is 14.1. The Hall–Kier alpha value is -2.75. The van der Waals surface area contributed by atoms with Gasteiger partial charge in [0.25, 0.3) is 5.60 Å². The fraction of sp³-hybridized carbons (Fsp3) is 0.333. The summed E-state index contributed by atoms with van der Waals surface area (Å²) in [6.45, 7) is 3.34. The zero-order valence-corrected chi connectivity index (χ0v) is 17.5. The van der Waals surface area contributed by atoms with E-state index in [1.807, 2.05) is 0 Å². The number of nitrogens with zero attached hydrogens (tertiary/aromatic N) is 1. The first-order chi connectivity index (χ1) is 14.8. The van der Waals surface area contributed by atoms with E-state index in [0.29, 0.717) is 17.7 Å². The van der Waals surface area contributed by atoms with E-state index in [4.69, 9.17) is 21.2 Å². The summed E-state index contributed by atoms with van der Waals surface area (Å²) in [7, 11) is 0. The summed E-state index contributed by atoms with van der Waals surface area (Å²) in [6.07, 6.45) is -10.9. The van der Waals surface area contributed by atoms with Crippen molar-refractivity contribution in [2.45, 2.75) is 38.2 Å². The summed E-state index contributed by atoms with van der Waals surface area (Å²) < 4.78 is 86.7. The molecule has 3 rings (SSSR count). The highest BCUT2D eigenvalue weighted by Crippen LogP contribution is 2.50. The molecule has 0 bridgehead atoms. The van der Waals surface area contributed by atoms with Gasteiger partial charge in [-0.2, -0.15) is 26.3 Å². The Morgan fingerprint density at radius 2 is 1.84 bits per heavy atom. The molecule has 1 aliphatic heterocycles. The quantitative estimate of drug-likeness (QED) is 0.375. The number of hydrogen-bond donors (Lipinski definition) is 0. The summed E-state index contributed by atoms with van der Waals surface area (Å²) in [5.41, 5.74) is -4.58. The zero-order valence-electron chi connectivity index (χ0n) is 16.7. The van der Waals surface area contributed by atoms with Crippen molar-refractivity contribution in [3.8, 4) is 0 Å². The van der Waals surface area contributed by atoms with Crippen molar-refractivity contribution in [3.05, 3.63) is 69.2 Å². The van der Waals surface area contributed by atoms with E-state index in [2.05, 4.69) is 5.16 Å². The molecule has 0 spiro atoms. The second-order valence-corrected chi connectivity index (χ2v) is 7.54. The number of hydrogen-bond acceptors (Lipinski definition) is 4. The first-order valence-electron chi connectivity index (χ1n) is 9.26. The van der Waals surface area contributed by atoms with Crippen molar-refractivity contribution in [3.63, 3.8) is 0 Å². The van der Waals surface area contributed by atoms with Gasteiger partial charge in [0.15, 0.2) is 0 Å². The summed E-state index contributed by atoms with van der Waals surface area (Å²) in [6, 6.07) is 5.83. The number of benzene rings is 2. The lowest BCUT2D eigenvalue weighted by molar-refractivity contribution is -0.276. The van der Waals surface area contributed by atoms with Crippen LogP contribution in [0.4, 0.5) is 26.3 Å². The lowest BCUT2D eigenvalue weighted by Crippen LogP contribution is -2.43. The monoisotopic (exact) mass is 479 g/mol. The van der Waals surface area contributed by atoms with Gasteiger partial charge in [-0.05, 0) is 55.3 Å². The molecule has 0 aliphatic carbocycles. The van der Waals surface area contributed by atoms with Gasteiger partial charge in [-0.25, -0.2) is 4.79 Å². The number of esters is 1. The number of rotatable bonds is 4. The van der Waals surface area contributed by atoms with Crippen LogP contribution in [0.3, 0.4) is 0 Å². The third-order valence-electron chi connectivity index (χ3n) is 4.93.